The van der Waals surface area contributed by atoms with Crippen molar-refractivity contribution in [3.63, 3.8) is 0 Å². The van der Waals surface area contributed by atoms with Crippen LogP contribution >= 0.6 is 0 Å². The summed E-state index contributed by atoms with van der Waals surface area (Å²) in [5.74, 6) is -0.203. The van der Waals surface area contributed by atoms with Crippen LogP contribution in [0, 0.1) is 23.7 Å². The number of imide groups is 1. The van der Waals surface area contributed by atoms with Crippen molar-refractivity contribution in [2.45, 2.75) is 6.42 Å². The van der Waals surface area contributed by atoms with E-state index in [1.165, 1.54) is 14.2 Å². The van der Waals surface area contributed by atoms with E-state index in [2.05, 4.69) is 5.32 Å². The van der Waals surface area contributed by atoms with Crippen LogP contribution in [0.2, 0.25) is 0 Å². The number of amides is 3. The van der Waals surface area contributed by atoms with E-state index in [1.807, 2.05) is 12.2 Å². The van der Waals surface area contributed by atoms with E-state index < -0.39 is 5.91 Å². The summed E-state index contributed by atoms with van der Waals surface area (Å²) in [6.07, 6.45) is 4.93. The number of carbonyl (C=O) groups excluding carboxylic acids is 3. The number of fused-ring (bicyclic) bond motifs is 5. The van der Waals surface area contributed by atoms with Crippen LogP contribution in [0.15, 0.2) is 30.4 Å². The molecule has 0 radical (unpaired) electrons. The molecule has 1 heterocycles. The van der Waals surface area contributed by atoms with Crippen molar-refractivity contribution in [1.29, 1.82) is 0 Å². The Morgan fingerprint density at radius 3 is 2.35 bits per heavy atom. The molecule has 2 aliphatic carbocycles. The Morgan fingerprint density at radius 2 is 1.77 bits per heavy atom. The number of nitrogens with one attached hydrogen (secondary N) is 1. The lowest BCUT2D eigenvalue weighted by molar-refractivity contribution is -0.143. The number of rotatable bonds is 5. The fraction of sp³-hybridized carbons (Fsp3) is 0.421. The topological polar surface area (TPSA) is 84.9 Å². The van der Waals surface area contributed by atoms with Gasteiger partial charge in [-0.2, -0.15) is 0 Å². The third-order valence-corrected chi connectivity index (χ3v) is 5.54. The minimum atomic E-state index is -0.446. The van der Waals surface area contributed by atoms with E-state index in [4.69, 9.17) is 9.47 Å². The number of allylic oxidation sites excluding steroid dienone is 2. The predicted octanol–water partition coefficient (Wildman–Crippen LogP) is 1.45. The lowest BCUT2D eigenvalue weighted by atomic mass is 9.85. The Morgan fingerprint density at radius 1 is 1.12 bits per heavy atom. The molecule has 2 bridgehead atoms. The minimum Gasteiger partial charge on any atom is -0.497 e. The molecule has 1 aromatic carbocycles. The standard InChI is InChI=1S/C19H20N2O5/c1-25-12-5-6-14(26-2)13(8-12)20-15(22)9-21-18(23)16-10-3-4-11(7-10)17(16)19(21)24/h3-6,8,10-11,16-17H,7,9H2,1-2H3,(H,20,22). The predicted molar refractivity (Wildman–Crippen MR) is 92.6 cm³/mol. The minimum absolute atomic E-state index is 0.132. The van der Waals surface area contributed by atoms with Gasteiger partial charge in [0, 0.05) is 6.07 Å². The number of carbonyl (C=O) groups is 3. The Balaban J connectivity index is 1.48. The van der Waals surface area contributed by atoms with Crippen LogP contribution < -0.4 is 14.8 Å². The number of ether oxygens (including phenoxy) is 2. The van der Waals surface area contributed by atoms with E-state index in [1.54, 1.807) is 18.2 Å². The van der Waals surface area contributed by atoms with Crippen molar-refractivity contribution in [1.82, 2.24) is 4.90 Å². The molecule has 1 N–H and O–H groups in total. The van der Waals surface area contributed by atoms with Gasteiger partial charge in [-0.1, -0.05) is 12.2 Å². The van der Waals surface area contributed by atoms with E-state index in [0.29, 0.717) is 17.2 Å². The number of nitrogens with zero attached hydrogens (tertiary/aromatic N) is 1. The fourth-order valence-corrected chi connectivity index (χ4v) is 4.36. The molecule has 7 heteroatoms. The molecular formula is C19H20N2O5. The SMILES string of the molecule is COc1ccc(OC)c(NC(=O)CN2C(=O)C3C4C=CC(C4)C3C2=O)c1. The van der Waals surface area contributed by atoms with Gasteiger partial charge in [0.2, 0.25) is 17.7 Å². The highest BCUT2D eigenvalue weighted by Gasteiger charge is 2.59. The number of hydrogen-bond acceptors (Lipinski definition) is 5. The molecule has 1 aromatic rings. The van der Waals surface area contributed by atoms with Crippen LogP contribution in [0.4, 0.5) is 5.69 Å². The highest BCUT2D eigenvalue weighted by atomic mass is 16.5. The number of anilines is 1. The molecule has 3 amide bonds. The molecule has 1 saturated carbocycles. The summed E-state index contributed by atoms with van der Waals surface area (Å²) in [6.45, 7) is -0.287. The number of hydrogen-bond donors (Lipinski definition) is 1. The van der Waals surface area contributed by atoms with Crippen molar-refractivity contribution >= 4 is 23.4 Å². The summed E-state index contributed by atoms with van der Waals surface area (Å²) < 4.78 is 10.4. The zero-order chi connectivity index (χ0) is 18.4. The zero-order valence-corrected chi connectivity index (χ0v) is 14.6. The largest absolute Gasteiger partial charge is 0.497 e. The van der Waals surface area contributed by atoms with Crippen molar-refractivity contribution < 1.29 is 23.9 Å². The maximum Gasteiger partial charge on any atom is 0.244 e. The maximum atomic E-state index is 12.6. The lowest BCUT2D eigenvalue weighted by Gasteiger charge is -2.17. The molecule has 2 fully saturated rings. The Labute approximate surface area is 150 Å². The highest BCUT2D eigenvalue weighted by molar-refractivity contribution is 6.09. The molecule has 26 heavy (non-hydrogen) atoms. The van der Waals surface area contributed by atoms with Gasteiger partial charge in [-0.25, -0.2) is 0 Å². The van der Waals surface area contributed by atoms with E-state index >= 15 is 0 Å². The van der Waals surface area contributed by atoms with Gasteiger partial charge >= 0.3 is 0 Å². The highest BCUT2D eigenvalue weighted by Crippen LogP contribution is 2.52. The van der Waals surface area contributed by atoms with E-state index in [-0.39, 0.29) is 42.0 Å². The van der Waals surface area contributed by atoms with Gasteiger partial charge in [0.1, 0.15) is 18.0 Å². The molecular weight excluding hydrogens is 336 g/mol. The summed E-state index contributed by atoms with van der Waals surface area (Å²) in [6, 6.07) is 5.02. The first-order valence-electron chi connectivity index (χ1n) is 8.59. The van der Waals surface area contributed by atoms with Gasteiger partial charge in [0.15, 0.2) is 0 Å². The molecule has 0 aromatic heterocycles. The number of likely N-dealkylation sites (tertiary alicyclic amines) is 1. The fourth-order valence-electron chi connectivity index (χ4n) is 4.36. The van der Waals surface area contributed by atoms with Crippen LogP contribution in [-0.2, 0) is 14.4 Å². The van der Waals surface area contributed by atoms with Crippen molar-refractivity contribution in [2.24, 2.45) is 23.7 Å². The van der Waals surface area contributed by atoms with Crippen LogP contribution in [0.1, 0.15) is 6.42 Å². The Kier molecular flexibility index (Phi) is 3.94. The summed E-state index contributed by atoms with van der Waals surface area (Å²) in [5.41, 5.74) is 0.429. The van der Waals surface area contributed by atoms with Gasteiger partial charge in [-0.3, -0.25) is 19.3 Å². The Bertz CT molecular complexity index is 788. The van der Waals surface area contributed by atoms with Crippen molar-refractivity contribution in [3.8, 4) is 11.5 Å². The monoisotopic (exact) mass is 356 g/mol. The van der Waals surface area contributed by atoms with Crippen LogP contribution in [0.5, 0.6) is 11.5 Å². The molecule has 1 saturated heterocycles. The smallest absolute Gasteiger partial charge is 0.244 e. The van der Waals surface area contributed by atoms with Crippen molar-refractivity contribution in [2.75, 3.05) is 26.1 Å². The first kappa shape index (κ1) is 16.6. The van der Waals surface area contributed by atoms with Gasteiger partial charge < -0.3 is 14.8 Å². The molecule has 3 aliphatic rings. The summed E-state index contributed by atoms with van der Waals surface area (Å²) >= 11 is 0. The summed E-state index contributed by atoms with van der Waals surface area (Å²) in [7, 11) is 3.02. The summed E-state index contributed by atoms with van der Waals surface area (Å²) in [5, 5.41) is 2.70. The maximum absolute atomic E-state index is 12.6. The Hall–Kier alpha value is -2.83. The average molecular weight is 356 g/mol. The van der Waals surface area contributed by atoms with Crippen LogP contribution in [0.3, 0.4) is 0 Å². The van der Waals surface area contributed by atoms with E-state index in [9.17, 15) is 14.4 Å². The number of benzene rings is 1. The number of methoxy groups -OCH3 is 2. The van der Waals surface area contributed by atoms with Crippen LogP contribution in [-0.4, -0.2) is 43.4 Å². The molecule has 136 valence electrons. The van der Waals surface area contributed by atoms with Gasteiger partial charge in [0.05, 0.1) is 31.7 Å². The first-order valence-corrected chi connectivity index (χ1v) is 8.59. The van der Waals surface area contributed by atoms with Crippen LogP contribution in [0.25, 0.3) is 0 Å². The first-order chi connectivity index (χ1) is 12.5. The van der Waals surface area contributed by atoms with Gasteiger partial charge in [0.25, 0.3) is 0 Å². The average Bonchev–Trinajstić information content (AvgIpc) is 3.31. The molecule has 0 spiro atoms. The third kappa shape index (κ3) is 2.46. The summed E-state index contributed by atoms with van der Waals surface area (Å²) in [4.78, 5) is 38.8. The third-order valence-electron chi connectivity index (χ3n) is 5.54. The second kappa shape index (κ2) is 6.16. The molecule has 7 nitrogen and oxygen atoms in total. The van der Waals surface area contributed by atoms with Crippen molar-refractivity contribution in [3.05, 3.63) is 30.4 Å². The lowest BCUT2D eigenvalue weighted by Crippen LogP contribution is -2.39. The zero-order valence-electron chi connectivity index (χ0n) is 14.6. The second-order valence-corrected chi connectivity index (χ2v) is 6.88. The normalized spacial score (nSPS) is 28.5. The molecule has 4 atom stereocenters. The second-order valence-electron chi connectivity index (χ2n) is 6.88. The van der Waals surface area contributed by atoms with Gasteiger partial charge in [-0.15, -0.1) is 0 Å². The molecule has 4 unspecified atom stereocenters. The van der Waals surface area contributed by atoms with Gasteiger partial charge in [-0.05, 0) is 30.4 Å². The molecule has 4 rings (SSSR count). The molecule has 1 aliphatic heterocycles. The quantitative estimate of drug-likeness (QED) is 0.638. The van der Waals surface area contributed by atoms with E-state index in [0.717, 1.165) is 11.3 Å².